The van der Waals surface area contributed by atoms with E-state index in [1.54, 1.807) is 6.92 Å². The van der Waals surface area contributed by atoms with Crippen LogP contribution in [0.15, 0.2) is 52.1 Å². The topological polar surface area (TPSA) is 145 Å². The van der Waals surface area contributed by atoms with Crippen LogP contribution in [0.4, 0.5) is 5.69 Å². The van der Waals surface area contributed by atoms with Crippen LogP contribution in [-0.4, -0.2) is 26.0 Å². The Balaban J connectivity index is 2.30. The summed E-state index contributed by atoms with van der Waals surface area (Å²) in [5.41, 5.74) is -1.74. The van der Waals surface area contributed by atoms with Gasteiger partial charge in [-0.2, -0.15) is 0 Å². The zero-order chi connectivity index (χ0) is 19.8. The van der Waals surface area contributed by atoms with E-state index in [1.165, 1.54) is 36.4 Å². The Morgan fingerprint density at radius 2 is 2.00 bits per heavy atom. The number of hydrogen-bond acceptors (Lipinski definition) is 6. The molecule has 11 heteroatoms. The summed E-state index contributed by atoms with van der Waals surface area (Å²) in [6, 6.07) is 9.18. The van der Waals surface area contributed by atoms with Crippen molar-refractivity contribution in [1.29, 1.82) is 0 Å². The lowest BCUT2D eigenvalue weighted by Gasteiger charge is -2.14. The average molecular weight is 391 g/mol. The number of nitro groups is 1. The van der Waals surface area contributed by atoms with E-state index in [9.17, 15) is 29.2 Å². The van der Waals surface area contributed by atoms with Gasteiger partial charge in [0.2, 0.25) is 0 Å². The van der Waals surface area contributed by atoms with Gasteiger partial charge in [-0.1, -0.05) is 6.07 Å². The minimum Gasteiger partial charge on any atom is -0.321 e. The quantitative estimate of drug-likeness (QED) is 0.290. The molecule has 1 heterocycles. The number of benzene rings is 2. The monoisotopic (exact) mass is 391 g/mol. The Bertz CT molecular complexity index is 1210. The van der Waals surface area contributed by atoms with Gasteiger partial charge in [-0.15, -0.1) is 0 Å². The normalized spacial score (nSPS) is 13.4. The van der Waals surface area contributed by atoms with Crippen molar-refractivity contribution in [3.05, 3.63) is 73.3 Å². The van der Waals surface area contributed by atoms with Crippen LogP contribution >= 0.6 is 7.60 Å². The third kappa shape index (κ3) is 3.45. The molecule has 0 saturated carbocycles. The van der Waals surface area contributed by atoms with Gasteiger partial charge in [0.1, 0.15) is 0 Å². The molecule has 0 aliphatic carbocycles. The molecule has 27 heavy (non-hydrogen) atoms. The van der Waals surface area contributed by atoms with E-state index in [1.807, 2.05) is 0 Å². The Labute approximate surface area is 151 Å². The minimum atomic E-state index is -4.09. The molecule has 0 fully saturated rings. The van der Waals surface area contributed by atoms with Gasteiger partial charge in [0.05, 0.1) is 33.6 Å². The number of non-ortho nitro benzene ring substituents is 1. The van der Waals surface area contributed by atoms with Crippen molar-refractivity contribution in [3.63, 3.8) is 0 Å². The number of rotatable bonds is 5. The predicted molar refractivity (Wildman–Crippen MR) is 97.9 cm³/mol. The maximum atomic E-state index is 12.4. The minimum absolute atomic E-state index is 0.00948. The van der Waals surface area contributed by atoms with Crippen molar-refractivity contribution in [2.45, 2.75) is 6.92 Å². The summed E-state index contributed by atoms with van der Waals surface area (Å²) in [7, 11) is -4.09. The first kappa shape index (κ1) is 18.7. The number of nitro benzene ring substituents is 1. The number of fused-ring (bicyclic) bond motifs is 1. The van der Waals surface area contributed by atoms with E-state index in [0.717, 1.165) is 10.6 Å². The van der Waals surface area contributed by atoms with Gasteiger partial charge < -0.3 is 14.4 Å². The molecule has 0 saturated heterocycles. The molecule has 140 valence electrons. The summed E-state index contributed by atoms with van der Waals surface area (Å²) in [6.07, 6.45) is 0. The first-order valence-corrected chi connectivity index (χ1v) is 9.34. The molecule has 0 bridgehead atoms. The highest BCUT2D eigenvalue weighted by Crippen LogP contribution is 2.40. The Hall–Kier alpha value is -3.07. The summed E-state index contributed by atoms with van der Waals surface area (Å²) in [6.45, 7) is 1.57. The summed E-state index contributed by atoms with van der Waals surface area (Å²) < 4.78 is 18.1. The smallest absolute Gasteiger partial charge is 0.321 e. The van der Waals surface area contributed by atoms with E-state index in [2.05, 4.69) is 4.98 Å². The van der Waals surface area contributed by atoms with Crippen LogP contribution in [0, 0.1) is 10.1 Å². The molecule has 0 aliphatic heterocycles. The fourth-order valence-electron chi connectivity index (χ4n) is 2.63. The highest BCUT2D eigenvalue weighted by atomic mass is 31.2. The first-order valence-electron chi connectivity index (χ1n) is 7.76. The molecule has 1 aromatic heterocycles. The molecule has 2 N–H and O–H groups in total. The van der Waals surface area contributed by atoms with Crippen LogP contribution in [-0.2, 0) is 9.09 Å². The van der Waals surface area contributed by atoms with Crippen molar-refractivity contribution in [2.24, 2.45) is 0 Å². The van der Waals surface area contributed by atoms with Crippen LogP contribution in [0.25, 0.3) is 16.7 Å². The lowest BCUT2D eigenvalue weighted by Crippen LogP contribution is -2.35. The fraction of sp³-hybridized carbons (Fsp3) is 0.125. The van der Waals surface area contributed by atoms with E-state index in [4.69, 9.17) is 4.52 Å². The zero-order valence-electron chi connectivity index (χ0n) is 14.0. The third-order valence-electron chi connectivity index (χ3n) is 3.80. The van der Waals surface area contributed by atoms with Crippen LogP contribution in [0.1, 0.15) is 6.92 Å². The van der Waals surface area contributed by atoms with Crippen LogP contribution in [0.3, 0.4) is 0 Å². The van der Waals surface area contributed by atoms with Crippen molar-refractivity contribution in [3.8, 4) is 5.69 Å². The lowest BCUT2D eigenvalue weighted by molar-refractivity contribution is -0.384. The highest BCUT2D eigenvalue weighted by Gasteiger charge is 2.23. The van der Waals surface area contributed by atoms with Crippen LogP contribution in [0.5, 0.6) is 0 Å². The Morgan fingerprint density at radius 3 is 2.67 bits per heavy atom. The Kier molecular flexibility index (Phi) is 4.79. The number of aromatic amines is 1. The summed E-state index contributed by atoms with van der Waals surface area (Å²) in [5.74, 6) is 0. The van der Waals surface area contributed by atoms with E-state index in [0.29, 0.717) is 0 Å². The maximum absolute atomic E-state index is 12.4. The van der Waals surface area contributed by atoms with Gasteiger partial charge in [0.15, 0.2) is 0 Å². The van der Waals surface area contributed by atoms with Gasteiger partial charge in [0, 0.05) is 12.1 Å². The standard InChI is InChI=1S/C16H14N3O7P/c1-2-26-27(24,25)12-5-3-4-10(8-12)18-14-7-6-11(19(22)23)9-13(14)17-15(20)16(18)21/h3-9H,2H2,1H3,(H,17,20)(H,24,25). The highest BCUT2D eigenvalue weighted by molar-refractivity contribution is 7.61. The molecule has 2 aromatic carbocycles. The Morgan fingerprint density at radius 1 is 1.26 bits per heavy atom. The number of nitrogens with zero attached hydrogens (tertiary/aromatic N) is 2. The summed E-state index contributed by atoms with van der Waals surface area (Å²) in [4.78, 5) is 47.0. The fourth-order valence-corrected chi connectivity index (χ4v) is 3.70. The van der Waals surface area contributed by atoms with Gasteiger partial charge in [-0.3, -0.25) is 28.8 Å². The largest absolute Gasteiger partial charge is 0.358 e. The molecule has 3 rings (SSSR count). The average Bonchev–Trinajstić information content (AvgIpc) is 2.62. The number of H-pyrrole nitrogens is 1. The predicted octanol–water partition coefficient (Wildman–Crippen LogP) is 1.43. The van der Waals surface area contributed by atoms with Crippen molar-refractivity contribution in [1.82, 2.24) is 9.55 Å². The molecular formula is C16H14N3O7P. The summed E-state index contributed by atoms with van der Waals surface area (Å²) >= 11 is 0. The van der Waals surface area contributed by atoms with Gasteiger partial charge in [-0.05, 0) is 31.2 Å². The van der Waals surface area contributed by atoms with E-state index >= 15 is 0 Å². The molecule has 0 aliphatic rings. The van der Waals surface area contributed by atoms with Crippen molar-refractivity contribution in [2.75, 3.05) is 6.61 Å². The maximum Gasteiger partial charge on any atom is 0.358 e. The number of hydrogen-bond donors (Lipinski definition) is 2. The number of nitrogens with one attached hydrogen (secondary N) is 1. The SMILES string of the molecule is CCOP(=O)(O)c1cccc(-n2c(=O)c(=O)[nH]c3cc([N+](=O)[O-])ccc32)c1. The molecular weight excluding hydrogens is 377 g/mol. The zero-order valence-corrected chi connectivity index (χ0v) is 14.9. The molecule has 1 atom stereocenters. The van der Waals surface area contributed by atoms with Crippen molar-refractivity contribution >= 4 is 29.6 Å². The van der Waals surface area contributed by atoms with Gasteiger partial charge in [-0.25, -0.2) is 0 Å². The molecule has 10 nitrogen and oxygen atoms in total. The third-order valence-corrected chi connectivity index (χ3v) is 5.33. The van der Waals surface area contributed by atoms with Crippen LogP contribution < -0.4 is 16.4 Å². The number of aromatic nitrogens is 2. The van der Waals surface area contributed by atoms with Crippen LogP contribution in [0.2, 0.25) is 0 Å². The summed E-state index contributed by atoms with van der Waals surface area (Å²) in [5, 5.41) is 10.9. The van der Waals surface area contributed by atoms with Gasteiger partial charge in [0.25, 0.3) is 5.69 Å². The van der Waals surface area contributed by atoms with Gasteiger partial charge >= 0.3 is 18.7 Å². The second kappa shape index (κ2) is 6.92. The molecule has 0 amide bonds. The first-order chi connectivity index (χ1) is 12.7. The van der Waals surface area contributed by atoms with E-state index in [-0.39, 0.29) is 34.3 Å². The molecule has 1 unspecified atom stereocenters. The molecule has 0 radical (unpaired) electrons. The second-order valence-electron chi connectivity index (χ2n) is 5.51. The molecule has 0 spiro atoms. The molecule has 3 aromatic rings. The lowest BCUT2D eigenvalue weighted by atomic mass is 10.2. The van der Waals surface area contributed by atoms with E-state index < -0.39 is 23.6 Å². The van der Waals surface area contributed by atoms with Crippen molar-refractivity contribution < 1.29 is 18.9 Å². The second-order valence-corrected chi connectivity index (χ2v) is 7.33.